The topological polar surface area (TPSA) is 75.0 Å². The summed E-state index contributed by atoms with van der Waals surface area (Å²) in [5.41, 5.74) is 0.501. The summed E-state index contributed by atoms with van der Waals surface area (Å²) < 4.78 is 43.9. The van der Waals surface area contributed by atoms with Gasteiger partial charge in [-0.05, 0) is 43.2 Å². The Labute approximate surface area is 153 Å². The lowest BCUT2D eigenvalue weighted by atomic mass is 10.1. The van der Waals surface area contributed by atoms with E-state index in [4.69, 9.17) is 10.00 Å². The number of aromatic nitrogens is 1. The molecule has 0 saturated heterocycles. The molecule has 0 amide bonds. The van der Waals surface area contributed by atoms with Crippen LogP contribution in [0.15, 0.2) is 30.3 Å². The number of pyridine rings is 1. The fraction of sp³-hybridized carbons (Fsp3) is 0.316. The Morgan fingerprint density at radius 3 is 2.67 bits per heavy atom. The number of nitrogens with zero attached hydrogens (tertiary/aromatic N) is 2. The minimum absolute atomic E-state index is 0.185. The van der Waals surface area contributed by atoms with Gasteiger partial charge in [-0.1, -0.05) is 0 Å². The highest BCUT2D eigenvalue weighted by molar-refractivity contribution is 5.90. The minimum Gasteiger partial charge on any atom is -0.465 e. The van der Waals surface area contributed by atoms with E-state index in [2.05, 4.69) is 10.3 Å². The lowest BCUT2D eigenvalue weighted by Crippen LogP contribution is -2.11. The molecule has 1 heterocycles. The molecule has 0 aliphatic heterocycles. The van der Waals surface area contributed by atoms with E-state index in [0.717, 1.165) is 25.0 Å². The summed E-state index contributed by atoms with van der Waals surface area (Å²) in [6.45, 7) is 0.185. The molecule has 0 atom stereocenters. The van der Waals surface area contributed by atoms with E-state index in [9.17, 15) is 18.0 Å². The number of nitriles is 1. The van der Waals surface area contributed by atoms with Gasteiger partial charge in [0.1, 0.15) is 0 Å². The highest BCUT2D eigenvalue weighted by Gasteiger charge is 2.34. The third kappa shape index (κ3) is 4.19. The molecular weight excluding hydrogens is 359 g/mol. The third-order valence-corrected chi connectivity index (χ3v) is 4.27. The summed E-state index contributed by atoms with van der Waals surface area (Å²) in [5, 5.41) is 11.7. The van der Waals surface area contributed by atoms with Crippen molar-refractivity contribution in [3.05, 3.63) is 58.4 Å². The lowest BCUT2D eigenvalue weighted by molar-refractivity contribution is -0.137. The molecule has 1 aliphatic rings. The van der Waals surface area contributed by atoms with E-state index in [1.807, 2.05) is 0 Å². The van der Waals surface area contributed by atoms with E-state index < -0.39 is 23.3 Å². The van der Waals surface area contributed by atoms with Crippen LogP contribution in [0.25, 0.3) is 0 Å². The van der Waals surface area contributed by atoms with E-state index in [1.165, 1.54) is 13.2 Å². The van der Waals surface area contributed by atoms with Crippen LogP contribution in [0.5, 0.6) is 0 Å². The van der Waals surface area contributed by atoms with Gasteiger partial charge >= 0.3 is 12.1 Å². The normalized spacial score (nSPS) is 13.7. The molecule has 5 nitrogen and oxygen atoms in total. The molecule has 8 heteroatoms. The number of hydrogen-bond acceptors (Lipinski definition) is 5. The van der Waals surface area contributed by atoms with E-state index >= 15 is 0 Å². The zero-order chi connectivity index (χ0) is 19.6. The summed E-state index contributed by atoms with van der Waals surface area (Å²) in [5.74, 6) is -0.239. The minimum atomic E-state index is -4.61. The quantitative estimate of drug-likeness (QED) is 0.791. The van der Waals surface area contributed by atoms with Crippen molar-refractivity contribution in [1.82, 2.24) is 4.98 Å². The largest absolute Gasteiger partial charge is 0.465 e. The van der Waals surface area contributed by atoms with Crippen molar-refractivity contribution >= 4 is 11.7 Å². The highest BCUT2D eigenvalue weighted by Crippen LogP contribution is 2.41. The Hall–Kier alpha value is -3.08. The van der Waals surface area contributed by atoms with Gasteiger partial charge in [-0.25, -0.2) is 4.79 Å². The zero-order valence-electron chi connectivity index (χ0n) is 14.4. The molecule has 0 radical (unpaired) electrons. The first-order valence-corrected chi connectivity index (χ1v) is 8.27. The number of benzene rings is 1. The van der Waals surface area contributed by atoms with Gasteiger partial charge in [-0.2, -0.15) is 18.4 Å². The SMILES string of the molecule is COC(=O)c1ccc(CNc2ccc(C#N)c(C(F)(F)F)c2)nc1C1CC1. The molecule has 2 aromatic rings. The standard InChI is InChI=1S/C19H16F3N3O2/c1-27-18(26)15-7-6-14(25-17(15)11-2-3-11)10-24-13-5-4-12(9-23)16(8-13)19(20,21)22/h4-8,11,24H,2-3,10H2,1H3. The number of ether oxygens (including phenoxy) is 1. The van der Waals surface area contributed by atoms with Crippen LogP contribution in [0, 0.1) is 11.3 Å². The van der Waals surface area contributed by atoms with Gasteiger partial charge in [0, 0.05) is 11.6 Å². The first-order chi connectivity index (χ1) is 12.8. The van der Waals surface area contributed by atoms with Crippen molar-refractivity contribution in [2.45, 2.75) is 31.5 Å². The molecule has 3 rings (SSSR count). The second kappa shape index (κ2) is 7.27. The number of nitrogens with one attached hydrogen (secondary N) is 1. The molecule has 27 heavy (non-hydrogen) atoms. The van der Waals surface area contributed by atoms with Crippen LogP contribution < -0.4 is 5.32 Å². The predicted octanol–water partition coefficient (Wildman–Crippen LogP) is 4.25. The molecule has 1 aliphatic carbocycles. The second-order valence-corrected chi connectivity index (χ2v) is 6.22. The molecule has 140 valence electrons. The number of anilines is 1. The van der Waals surface area contributed by atoms with Crippen LogP contribution in [-0.2, 0) is 17.5 Å². The Bertz CT molecular complexity index is 915. The van der Waals surface area contributed by atoms with Gasteiger partial charge in [0.05, 0.1) is 47.8 Å². The number of carbonyl (C=O) groups excluding carboxylic acids is 1. The molecule has 0 spiro atoms. The molecule has 0 bridgehead atoms. The monoisotopic (exact) mass is 375 g/mol. The molecule has 1 aromatic carbocycles. The zero-order valence-corrected chi connectivity index (χ0v) is 14.4. The average Bonchev–Trinajstić information content (AvgIpc) is 3.49. The van der Waals surface area contributed by atoms with Crippen molar-refractivity contribution in [1.29, 1.82) is 5.26 Å². The van der Waals surface area contributed by atoms with E-state index in [-0.39, 0.29) is 18.2 Å². The first-order valence-electron chi connectivity index (χ1n) is 8.27. The number of alkyl halides is 3. The highest BCUT2D eigenvalue weighted by atomic mass is 19.4. The number of esters is 1. The van der Waals surface area contributed by atoms with Gasteiger partial charge in [-0.3, -0.25) is 4.98 Å². The van der Waals surface area contributed by atoms with Crippen LogP contribution in [0.4, 0.5) is 18.9 Å². The van der Waals surface area contributed by atoms with Gasteiger partial charge in [0.25, 0.3) is 0 Å². The molecule has 1 aromatic heterocycles. The van der Waals surface area contributed by atoms with E-state index in [0.29, 0.717) is 17.0 Å². The molecular formula is C19H16F3N3O2. The van der Waals surface area contributed by atoms with Crippen molar-refractivity contribution in [2.75, 3.05) is 12.4 Å². The summed E-state index contributed by atoms with van der Waals surface area (Å²) in [6, 6.07) is 8.27. The molecule has 0 unspecified atom stereocenters. The van der Waals surface area contributed by atoms with Gasteiger partial charge in [0.2, 0.25) is 0 Å². The lowest BCUT2D eigenvalue weighted by Gasteiger charge is -2.13. The Morgan fingerprint density at radius 1 is 1.33 bits per heavy atom. The third-order valence-electron chi connectivity index (χ3n) is 4.27. The maximum absolute atomic E-state index is 13.0. The van der Waals surface area contributed by atoms with Gasteiger partial charge in [0.15, 0.2) is 0 Å². The van der Waals surface area contributed by atoms with Crippen molar-refractivity contribution in [3.63, 3.8) is 0 Å². The summed E-state index contributed by atoms with van der Waals surface area (Å²) in [4.78, 5) is 16.3. The molecule has 1 saturated carbocycles. The Morgan fingerprint density at radius 2 is 2.07 bits per heavy atom. The number of methoxy groups -OCH3 is 1. The number of halogens is 3. The van der Waals surface area contributed by atoms with Crippen molar-refractivity contribution in [3.8, 4) is 6.07 Å². The smallest absolute Gasteiger partial charge is 0.417 e. The Balaban J connectivity index is 1.80. The fourth-order valence-corrected chi connectivity index (χ4v) is 2.74. The maximum Gasteiger partial charge on any atom is 0.417 e. The average molecular weight is 375 g/mol. The van der Waals surface area contributed by atoms with Gasteiger partial charge < -0.3 is 10.1 Å². The molecule has 1 fully saturated rings. The second-order valence-electron chi connectivity index (χ2n) is 6.22. The van der Waals surface area contributed by atoms with Gasteiger partial charge in [-0.15, -0.1) is 0 Å². The Kier molecular flexibility index (Phi) is 5.04. The van der Waals surface area contributed by atoms with Crippen LogP contribution in [0.1, 0.15) is 51.6 Å². The fourth-order valence-electron chi connectivity index (χ4n) is 2.74. The maximum atomic E-state index is 13.0. The number of hydrogen-bond donors (Lipinski definition) is 1. The van der Waals surface area contributed by atoms with E-state index in [1.54, 1.807) is 18.2 Å². The summed E-state index contributed by atoms with van der Waals surface area (Å²) >= 11 is 0. The van der Waals surface area contributed by atoms with Crippen molar-refractivity contribution < 1.29 is 22.7 Å². The molecule has 1 N–H and O–H groups in total. The first kappa shape index (κ1) is 18.7. The van der Waals surface area contributed by atoms with Crippen LogP contribution in [0.2, 0.25) is 0 Å². The van der Waals surface area contributed by atoms with Crippen LogP contribution in [-0.4, -0.2) is 18.1 Å². The van der Waals surface area contributed by atoms with Crippen LogP contribution >= 0.6 is 0 Å². The number of carbonyl (C=O) groups is 1. The van der Waals surface area contributed by atoms with Crippen LogP contribution in [0.3, 0.4) is 0 Å². The number of rotatable bonds is 5. The summed E-state index contributed by atoms with van der Waals surface area (Å²) in [7, 11) is 1.30. The predicted molar refractivity (Wildman–Crippen MR) is 91.0 cm³/mol. The van der Waals surface area contributed by atoms with Crippen molar-refractivity contribution in [2.24, 2.45) is 0 Å². The summed E-state index contributed by atoms with van der Waals surface area (Å²) in [6.07, 6.45) is -2.72.